The quantitative estimate of drug-likeness (QED) is 0.795. The molecule has 1 rings (SSSR count). The molecule has 0 radical (unpaired) electrons. The highest BCUT2D eigenvalue weighted by molar-refractivity contribution is 6.30. The van der Waals surface area contributed by atoms with Gasteiger partial charge in [0.15, 0.2) is 12.2 Å². The lowest BCUT2D eigenvalue weighted by molar-refractivity contribution is -0.160. The molecule has 3 amide bonds. The molecule has 0 bridgehead atoms. The van der Waals surface area contributed by atoms with E-state index in [2.05, 4.69) is 0 Å². The third kappa shape index (κ3) is 5.70. The van der Waals surface area contributed by atoms with Gasteiger partial charge in [0, 0.05) is 5.02 Å². The van der Waals surface area contributed by atoms with Crippen LogP contribution in [0, 0.1) is 0 Å². The van der Waals surface area contributed by atoms with Crippen molar-refractivity contribution in [3.8, 4) is 5.75 Å². The minimum atomic E-state index is -1.17. The van der Waals surface area contributed by atoms with E-state index in [9.17, 15) is 14.4 Å². The number of carbonyl (C=O) groups excluding carboxylic acids is 3. The lowest BCUT2D eigenvalue weighted by Crippen LogP contribution is -2.43. The van der Waals surface area contributed by atoms with E-state index >= 15 is 0 Å². The zero-order valence-corrected chi connectivity index (χ0v) is 12.2. The number of hydrogen-bond donors (Lipinski definition) is 2. The molecule has 0 fully saturated rings. The monoisotopic (exact) mass is 314 g/mol. The van der Waals surface area contributed by atoms with Crippen LogP contribution >= 0.6 is 11.6 Å². The molecule has 21 heavy (non-hydrogen) atoms. The lowest BCUT2D eigenvalue weighted by Gasteiger charge is -2.17. The second-order valence-corrected chi connectivity index (χ2v) is 4.59. The number of nitrogens with one attached hydrogen (secondary N) is 1. The number of halogens is 1. The molecule has 2 unspecified atom stereocenters. The Labute approximate surface area is 126 Å². The molecule has 0 aromatic heterocycles. The largest absolute Gasteiger partial charge is 0.479 e. The number of nitrogens with two attached hydrogens (primary N) is 1. The van der Waals surface area contributed by atoms with Crippen LogP contribution in [0.5, 0.6) is 5.75 Å². The minimum Gasteiger partial charge on any atom is -0.479 e. The van der Waals surface area contributed by atoms with E-state index < -0.39 is 30.1 Å². The van der Waals surface area contributed by atoms with Crippen LogP contribution in [-0.2, 0) is 14.3 Å². The zero-order valence-electron chi connectivity index (χ0n) is 11.5. The maximum atomic E-state index is 11.8. The summed E-state index contributed by atoms with van der Waals surface area (Å²) in [6.45, 7) is 2.77. The highest BCUT2D eigenvalue weighted by Gasteiger charge is 2.23. The first-order chi connectivity index (χ1) is 9.79. The second-order valence-electron chi connectivity index (χ2n) is 4.15. The first kappa shape index (κ1) is 16.8. The topological polar surface area (TPSA) is 108 Å². The number of benzene rings is 1. The molecule has 114 valence electrons. The van der Waals surface area contributed by atoms with E-state index in [4.69, 9.17) is 26.8 Å². The SMILES string of the molecule is CC(OC(=O)C(C)Oc1cccc(Cl)c1)C(=O)NC(N)=O. The van der Waals surface area contributed by atoms with E-state index in [1.807, 2.05) is 5.32 Å². The predicted molar refractivity (Wildman–Crippen MR) is 74.8 cm³/mol. The average molecular weight is 315 g/mol. The van der Waals surface area contributed by atoms with E-state index in [-0.39, 0.29) is 0 Å². The van der Waals surface area contributed by atoms with Crippen LogP contribution < -0.4 is 15.8 Å². The first-order valence-corrected chi connectivity index (χ1v) is 6.40. The molecule has 3 N–H and O–H groups in total. The molecule has 0 saturated heterocycles. The zero-order chi connectivity index (χ0) is 16.0. The van der Waals surface area contributed by atoms with Gasteiger partial charge in [0.2, 0.25) is 0 Å². The van der Waals surface area contributed by atoms with Gasteiger partial charge in [-0.15, -0.1) is 0 Å². The van der Waals surface area contributed by atoms with Crippen molar-refractivity contribution in [1.29, 1.82) is 0 Å². The van der Waals surface area contributed by atoms with E-state index in [1.54, 1.807) is 18.2 Å². The summed E-state index contributed by atoms with van der Waals surface area (Å²) in [5, 5.41) is 2.27. The lowest BCUT2D eigenvalue weighted by atomic mass is 10.3. The summed E-state index contributed by atoms with van der Waals surface area (Å²) in [5.74, 6) is -1.19. The van der Waals surface area contributed by atoms with Crippen molar-refractivity contribution in [3.05, 3.63) is 29.3 Å². The molecule has 0 aliphatic heterocycles. The molecule has 0 aliphatic rings. The number of carbonyl (C=O) groups is 3. The molecule has 0 aliphatic carbocycles. The fourth-order valence-corrected chi connectivity index (χ4v) is 1.52. The molecule has 0 spiro atoms. The first-order valence-electron chi connectivity index (χ1n) is 6.02. The number of rotatable bonds is 5. The fourth-order valence-electron chi connectivity index (χ4n) is 1.34. The normalized spacial score (nSPS) is 12.9. The Bertz CT molecular complexity index is 549. The molecule has 7 nitrogen and oxygen atoms in total. The number of primary amides is 1. The van der Waals surface area contributed by atoms with Crippen molar-refractivity contribution in [3.63, 3.8) is 0 Å². The smallest absolute Gasteiger partial charge is 0.347 e. The van der Waals surface area contributed by atoms with Crippen LogP contribution in [0.3, 0.4) is 0 Å². The second kappa shape index (κ2) is 7.49. The fraction of sp³-hybridized carbons (Fsp3) is 0.308. The molecule has 2 atom stereocenters. The molecule has 8 heteroatoms. The van der Waals surface area contributed by atoms with E-state index in [1.165, 1.54) is 19.9 Å². The molecule has 1 aromatic carbocycles. The standard InChI is InChI=1S/C13H15ClN2O5/c1-7(11(17)16-13(15)19)21-12(18)8(2)20-10-5-3-4-9(14)6-10/h3-8H,1-2H3,(H3,15,16,17,19). The summed E-state index contributed by atoms with van der Waals surface area (Å²) < 4.78 is 10.2. The molecular weight excluding hydrogens is 300 g/mol. The molecule has 1 aromatic rings. The predicted octanol–water partition coefficient (Wildman–Crippen LogP) is 1.23. The van der Waals surface area contributed by atoms with Crippen LogP contribution in [0.25, 0.3) is 0 Å². The van der Waals surface area contributed by atoms with Crippen molar-refractivity contribution < 1.29 is 23.9 Å². The maximum Gasteiger partial charge on any atom is 0.347 e. The van der Waals surface area contributed by atoms with Gasteiger partial charge < -0.3 is 15.2 Å². The van der Waals surface area contributed by atoms with E-state index in [0.717, 1.165) is 0 Å². The van der Waals surface area contributed by atoms with Gasteiger partial charge in [-0.3, -0.25) is 10.1 Å². The van der Waals surface area contributed by atoms with Crippen molar-refractivity contribution >= 4 is 29.5 Å². The number of urea groups is 1. The third-order valence-electron chi connectivity index (χ3n) is 2.35. The van der Waals surface area contributed by atoms with Crippen molar-refractivity contribution in [2.24, 2.45) is 5.73 Å². The van der Waals surface area contributed by atoms with Gasteiger partial charge in [0.1, 0.15) is 5.75 Å². The average Bonchev–Trinajstić information content (AvgIpc) is 2.37. The minimum absolute atomic E-state index is 0.390. The highest BCUT2D eigenvalue weighted by atomic mass is 35.5. The summed E-state index contributed by atoms with van der Waals surface area (Å²) in [6, 6.07) is 5.46. The number of imide groups is 1. The van der Waals surface area contributed by atoms with Gasteiger partial charge in [0.25, 0.3) is 5.91 Å². The van der Waals surface area contributed by atoms with Gasteiger partial charge >= 0.3 is 12.0 Å². The van der Waals surface area contributed by atoms with Crippen molar-refractivity contribution in [2.75, 3.05) is 0 Å². The van der Waals surface area contributed by atoms with Crippen LogP contribution in [-0.4, -0.2) is 30.1 Å². The Kier molecular flexibility index (Phi) is 5.98. The highest BCUT2D eigenvalue weighted by Crippen LogP contribution is 2.18. The van der Waals surface area contributed by atoms with Gasteiger partial charge in [-0.25, -0.2) is 9.59 Å². The number of ether oxygens (including phenoxy) is 2. The summed E-state index contributed by atoms with van der Waals surface area (Å²) in [4.78, 5) is 33.6. The van der Waals surface area contributed by atoms with Gasteiger partial charge in [0.05, 0.1) is 0 Å². The van der Waals surface area contributed by atoms with Gasteiger partial charge in [-0.05, 0) is 32.0 Å². The summed E-state index contributed by atoms with van der Waals surface area (Å²) in [6.07, 6.45) is -2.12. The number of esters is 1. The number of hydrogen-bond acceptors (Lipinski definition) is 5. The van der Waals surface area contributed by atoms with E-state index in [0.29, 0.717) is 10.8 Å². The molecule has 0 saturated carbocycles. The Morgan fingerprint density at radius 1 is 1.24 bits per heavy atom. The Morgan fingerprint density at radius 2 is 1.90 bits per heavy atom. The Balaban J connectivity index is 2.54. The Hall–Kier alpha value is -2.28. The maximum absolute atomic E-state index is 11.8. The van der Waals surface area contributed by atoms with Gasteiger partial charge in [-0.2, -0.15) is 0 Å². The molecule has 0 heterocycles. The summed E-state index contributed by atoms with van der Waals surface area (Å²) >= 11 is 5.79. The van der Waals surface area contributed by atoms with Gasteiger partial charge in [-0.1, -0.05) is 17.7 Å². The summed E-state index contributed by atoms with van der Waals surface area (Å²) in [5.41, 5.74) is 4.79. The van der Waals surface area contributed by atoms with Crippen LogP contribution in [0.1, 0.15) is 13.8 Å². The third-order valence-corrected chi connectivity index (χ3v) is 2.58. The summed E-state index contributed by atoms with van der Waals surface area (Å²) in [7, 11) is 0. The van der Waals surface area contributed by atoms with Crippen LogP contribution in [0.4, 0.5) is 4.79 Å². The van der Waals surface area contributed by atoms with Crippen molar-refractivity contribution in [2.45, 2.75) is 26.1 Å². The number of amides is 3. The van der Waals surface area contributed by atoms with Crippen molar-refractivity contribution in [1.82, 2.24) is 5.32 Å². The van der Waals surface area contributed by atoms with Crippen LogP contribution in [0.15, 0.2) is 24.3 Å². The van der Waals surface area contributed by atoms with Crippen LogP contribution in [0.2, 0.25) is 5.02 Å². The Morgan fingerprint density at radius 3 is 2.48 bits per heavy atom. The molecular formula is C13H15ClN2O5.